The first kappa shape index (κ1) is 23.6. The van der Waals surface area contributed by atoms with Crippen LogP contribution in [0, 0.1) is 5.41 Å². The number of allylic oxidation sites excluding steroid dienone is 2. The lowest BCUT2D eigenvalue weighted by Crippen LogP contribution is -2.39. The molecule has 1 aromatic heterocycles. The molecule has 3 heterocycles. The van der Waals surface area contributed by atoms with Crippen molar-refractivity contribution in [3.63, 3.8) is 0 Å². The zero-order valence-corrected chi connectivity index (χ0v) is 21.6. The number of nitrogens with zero attached hydrogens (tertiary/aromatic N) is 4. The third-order valence-electron chi connectivity index (χ3n) is 7.57. The zero-order chi connectivity index (χ0) is 23.5. The minimum atomic E-state index is 0.616. The van der Waals surface area contributed by atoms with E-state index in [1.165, 1.54) is 38.5 Å². The molecule has 0 amide bonds. The fraction of sp³-hybridized carbons (Fsp3) is 0.464. The number of halogens is 1. The highest BCUT2D eigenvalue weighted by Gasteiger charge is 2.37. The second kappa shape index (κ2) is 10.2. The van der Waals surface area contributed by atoms with E-state index < -0.39 is 0 Å². The molecule has 4 nitrogen and oxygen atoms in total. The SMILES string of the molecule is C=C(CCC)C1=CCC(c2cccc(Sc3cnc(N4CCC5(CCCC5)CC4)cn3)c2Cl)=N1. The Morgan fingerprint density at radius 1 is 1.12 bits per heavy atom. The Morgan fingerprint density at radius 2 is 1.91 bits per heavy atom. The Labute approximate surface area is 212 Å². The van der Waals surface area contributed by atoms with Gasteiger partial charge in [-0.25, -0.2) is 9.97 Å². The molecule has 3 aliphatic rings. The second-order valence-electron chi connectivity index (χ2n) is 9.83. The average molecular weight is 493 g/mol. The summed E-state index contributed by atoms with van der Waals surface area (Å²) in [4.78, 5) is 17.7. The van der Waals surface area contributed by atoms with E-state index in [-0.39, 0.29) is 0 Å². The quantitative estimate of drug-likeness (QED) is 0.394. The molecule has 0 atom stereocenters. The van der Waals surface area contributed by atoms with Crippen molar-refractivity contribution in [2.45, 2.75) is 74.6 Å². The van der Waals surface area contributed by atoms with Crippen molar-refractivity contribution in [2.24, 2.45) is 10.4 Å². The lowest BCUT2D eigenvalue weighted by atomic mass is 9.77. The van der Waals surface area contributed by atoms with Gasteiger partial charge in [0.1, 0.15) is 10.8 Å². The molecular formula is C28H33ClN4S. The highest BCUT2D eigenvalue weighted by molar-refractivity contribution is 7.99. The summed E-state index contributed by atoms with van der Waals surface area (Å²) >= 11 is 8.40. The zero-order valence-electron chi connectivity index (χ0n) is 20.0. The molecule has 0 unspecified atom stereocenters. The fourth-order valence-corrected chi connectivity index (χ4v) is 6.67. The van der Waals surface area contributed by atoms with E-state index in [0.29, 0.717) is 5.41 Å². The van der Waals surface area contributed by atoms with Crippen LogP contribution in [0.25, 0.3) is 0 Å². The molecule has 1 saturated heterocycles. The number of rotatable bonds is 7. The molecule has 34 heavy (non-hydrogen) atoms. The summed E-state index contributed by atoms with van der Waals surface area (Å²) in [7, 11) is 0. The standard InChI is InChI=1S/C28H33ClN4S/c1-3-7-20(2)22-10-11-23(32-22)21-8-6-9-24(27(21)29)34-26-19-30-25(18-31-26)33-16-14-28(15-17-33)12-4-5-13-28/h6,8-10,18-19H,2-5,7,11-17H2,1H3. The largest absolute Gasteiger partial charge is 0.355 e. The van der Waals surface area contributed by atoms with Gasteiger partial charge in [-0.3, -0.25) is 4.99 Å². The number of hydrogen-bond donors (Lipinski definition) is 0. The van der Waals surface area contributed by atoms with Crippen molar-refractivity contribution in [1.82, 2.24) is 9.97 Å². The summed E-state index contributed by atoms with van der Waals surface area (Å²) in [5.41, 5.74) is 4.71. The van der Waals surface area contributed by atoms with Crippen LogP contribution in [0.15, 0.2) is 69.4 Å². The Morgan fingerprint density at radius 3 is 2.62 bits per heavy atom. The highest BCUT2D eigenvalue weighted by Crippen LogP contribution is 2.46. The second-order valence-corrected chi connectivity index (χ2v) is 11.3. The lowest BCUT2D eigenvalue weighted by molar-refractivity contribution is 0.226. The van der Waals surface area contributed by atoms with Gasteiger partial charge in [0.2, 0.25) is 0 Å². The van der Waals surface area contributed by atoms with E-state index in [2.05, 4.69) is 24.5 Å². The maximum absolute atomic E-state index is 6.84. The van der Waals surface area contributed by atoms with Crippen LogP contribution in [0.1, 0.15) is 70.3 Å². The van der Waals surface area contributed by atoms with Gasteiger partial charge >= 0.3 is 0 Å². The molecule has 6 heteroatoms. The van der Waals surface area contributed by atoms with Gasteiger partial charge in [-0.05, 0) is 49.2 Å². The van der Waals surface area contributed by atoms with E-state index in [0.717, 1.165) is 75.7 Å². The monoisotopic (exact) mass is 492 g/mol. The first-order valence-corrected chi connectivity index (χ1v) is 13.8. The third-order valence-corrected chi connectivity index (χ3v) is 9.07. The predicted octanol–water partition coefficient (Wildman–Crippen LogP) is 7.87. The molecule has 1 saturated carbocycles. The van der Waals surface area contributed by atoms with Crippen molar-refractivity contribution in [1.29, 1.82) is 0 Å². The van der Waals surface area contributed by atoms with Crippen molar-refractivity contribution >= 4 is 34.9 Å². The minimum Gasteiger partial charge on any atom is -0.355 e. The Kier molecular flexibility index (Phi) is 7.12. The van der Waals surface area contributed by atoms with Crippen LogP contribution < -0.4 is 4.90 Å². The molecule has 178 valence electrons. The number of anilines is 1. The van der Waals surface area contributed by atoms with E-state index >= 15 is 0 Å². The van der Waals surface area contributed by atoms with Crippen molar-refractivity contribution in [3.05, 3.63) is 65.1 Å². The van der Waals surface area contributed by atoms with Gasteiger partial charge in [0, 0.05) is 30.0 Å². The van der Waals surface area contributed by atoms with Crippen molar-refractivity contribution in [2.75, 3.05) is 18.0 Å². The summed E-state index contributed by atoms with van der Waals surface area (Å²) in [5, 5.41) is 1.58. The Bertz CT molecular complexity index is 1110. The smallest absolute Gasteiger partial charge is 0.147 e. The maximum atomic E-state index is 6.84. The first-order valence-electron chi connectivity index (χ1n) is 12.6. The molecule has 0 radical (unpaired) electrons. The third kappa shape index (κ3) is 4.96. The van der Waals surface area contributed by atoms with Crippen LogP contribution in [0.5, 0.6) is 0 Å². The fourth-order valence-electron chi connectivity index (χ4n) is 5.54. The molecule has 5 rings (SSSR count). The summed E-state index contributed by atoms with van der Waals surface area (Å²) in [5.74, 6) is 0.989. The number of piperidine rings is 1. The maximum Gasteiger partial charge on any atom is 0.147 e. The van der Waals surface area contributed by atoms with Crippen molar-refractivity contribution in [3.8, 4) is 0 Å². The molecule has 2 aromatic rings. The molecule has 2 fully saturated rings. The van der Waals surface area contributed by atoms with Crippen LogP contribution >= 0.6 is 23.4 Å². The lowest BCUT2D eigenvalue weighted by Gasteiger charge is -2.39. The highest BCUT2D eigenvalue weighted by atomic mass is 35.5. The van der Waals surface area contributed by atoms with Gasteiger partial charge in [0.05, 0.1) is 28.8 Å². The first-order chi connectivity index (χ1) is 16.6. The average Bonchev–Trinajstić information content (AvgIpc) is 3.52. The van der Waals surface area contributed by atoms with Gasteiger partial charge < -0.3 is 4.90 Å². The summed E-state index contributed by atoms with van der Waals surface area (Å²) in [6.07, 6.45) is 17.0. The van der Waals surface area contributed by atoms with Crippen molar-refractivity contribution < 1.29 is 0 Å². The van der Waals surface area contributed by atoms with Crippen LogP contribution in [-0.2, 0) is 0 Å². The minimum absolute atomic E-state index is 0.616. The number of benzene rings is 1. The van der Waals surface area contributed by atoms with Gasteiger partial charge in [-0.1, -0.05) is 74.3 Å². The normalized spacial score (nSPS) is 19.4. The summed E-state index contributed by atoms with van der Waals surface area (Å²) in [6.45, 7) is 8.53. The molecule has 1 aliphatic carbocycles. The van der Waals surface area contributed by atoms with Gasteiger partial charge in [0.25, 0.3) is 0 Å². The molecule has 2 aliphatic heterocycles. The van der Waals surface area contributed by atoms with E-state index in [1.807, 2.05) is 30.6 Å². The number of aliphatic imine (C=N–C) groups is 1. The summed E-state index contributed by atoms with van der Waals surface area (Å²) in [6, 6.07) is 6.13. The van der Waals surface area contributed by atoms with E-state index in [1.54, 1.807) is 11.8 Å². The molecular weight excluding hydrogens is 460 g/mol. The molecule has 1 spiro atoms. The Hall–Kier alpha value is -2.11. The topological polar surface area (TPSA) is 41.4 Å². The van der Waals surface area contributed by atoms with Crippen LogP contribution in [0.3, 0.4) is 0 Å². The molecule has 1 aromatic carbocycles. The number of hydrogen-bond acceptors (Lipinski definition) is 5. The van der Waals surface area contributed by atoms with Gasteiger partial charge in [0.15, 0.2) is 0 Å². The van der Waals surface area contributed by atoms with Crippen LogP contribution in [0.4, 0.5) is 5.82 Å². The van der Waals surface area contributed by atoms with Gasteiger partial charge in [-0.15, -0.1) is 0 Å². The number of aromatic nitrogens is 2. The molecule has 0 bridgehead atoms. The van der Waals surface area contributed by atoms with Crippen LogP contribution in [0.2, 0.25) is 5.02 Å². The van der Waals surface area contributed by atoms with E-state index in [9.17, 15) is 0 Å². The van der Waals surface area contributed by atoms with Gasteiger partial charge in [-0.2, -0.15) is 0 Å². The summed E-state index contributed by atoms with van der Waals surface area (Å²) < 4.78 is 0. The molecule has 0 N–H and O–H groups in total. The van der Waals surface area contributed by atoms with E-state index in [4.69, 9.17) is 26.6 Å². The Balaban J connectivity index is 1.25. The van der Waals surface area contributed by atoms with Crippen LogP contribution in [-0.4, -0.2) is 28.8 Å². The predicted molar refractivity (Wildman–Crippen MR) is 143 cm³/mol.